The average Bonchev–Trinajstić information content (AvgIpc) is 2.70. The Labute approximate surface area is 122 Å². The lowest BCUT2D eigenvalue weighted by atomic mass is 10.3. The molecule has 0 N–H and O–H groups in total. The van der Waals surface area contributed by atoms with Crippen LogP contribution >= 0.6 is 35.0 Å². The molecule has 0 spiro atoms. The summed E-state index contributed by atoms with van der Waals surface area (Å²) in [7, 11) is 0. The fourth-order valence-electron chi connectivity index (χ4n) is 1.67. The van der Waals surface area contributed by atoms with Crippen LogP contribution in [0.5, 0.6) is 0 Å². The third kappa shape index (κ3) is 3.44. The van der Waals surface area contributed by atoms with Gasteiger partial charge in [-0.1, -0.05) is 47.1 Å². The molecule has 1 aliphatic heterocycles. The fraction of sp³-hybridized carbons (Fsp3) is 0.308. The molecule has 0 atom stereocenters. The van der Waals surface area contributed by atoms with Crippen LogP contribution in [0.3, 0.4) is 0 Å². The maximum absolute atomic E-state index is 5.98. The summed E-state index contributed by atoms with van der Waals surface area (Å²) in [6.45, 7) is 7.83. The number of nitrogens with zero attached hydrogens (tertiary/aromatic N) is 2. The van der Waals surface area contributed by atoms with Crippen LogP contribution in [-0.4, -0.2) is 28.9 Å². The highest BCUT2D eigenvalue weighted by Crippen LogP contribution is 2.29. The van der Waals surface area contributed by atoms with Crippen molar-refractivity contribution in [3.63, 3.8) is 0 Å². The molecule has 1 heterocycles. The van der Waals surface area contributed by atoms with Crippen molar-refractivity contribution in [2.24, 2.45) is 4.99 Å². The van der Waals surface area contributed by atoms with Gasteiger partial charge in [0.05, 0.1) is 15.7 Å². The van der Waals surface area contributed by atoms with Gasteiger partial charge in [0.1, 0.15) is 0 Å². The summed E-state index contributed by atoms with van der Waals surface area (Å²) in [5.74, 6) is 1.06. The van der Waals surface area contributed by atoms with Gasteiger partial charge < -0.3 is 4.90 Å². The first kappa shape index (κ1) is 13.8. The van der Waals surface area contributed by atoms with E-state index in [9.17, 15) is 0 Å². The quantitative estimate of drug-likeness (QED) is 0.758. The topological polar surface area (TPSA) is 15.6 Å². The predicted octanol–water partition coefficient (Wildman–Crippen LogP) is 4.61. The Morgan fingerprint density at radius 3 is 2.89 bits per heavy atom. The molecule has 0 saturated carbocycles. The zero-order valence-electron chi connectivity index (χ0n) is 10.1. The number of benzene rings is 1. The van der Waals surface area contributed by atoms with E-state index in [4.69, 9.17) is 23.2 Å². The van der Waals surface area contributed by atoms with E-state index in [1.165, 1.54) is 0 Å². The summed E-state index contributed by atoms with van der Waals surface area (Å²) in [6, 6.07) is 5.43. The van der Waals surface area contributed by atoms with Gasteiger partial charge in [0.25, 0.3) is 0 Å². The Hall–Kier alpha value is -0.640. The minimum Gasteiger partial charge on any atom is -0.346 e. The molecule has 1 saturated heterocycles. The van der Waals surface area contributed by atoms with Crippen molar-refractivity contribution in [1.82, 2.24) is 4.90 Å². The largest absolute Gasteiger partial charge is 0.346 e. The highest BCUT2D eigenvalue weighted by Gasteiger charge is 2.19. The van der Waals surface area contributed by atoms with Crippen LogP contribution < -0.4 is 0 Å². The summed E-state index contributed by atoms with van der Waals surface area (Å²) in [6.07, 6.45) is 0. The summed E-state index contributed by atoms with van der Waals surface area (Å²) in [5, 5.41) is 2.11. The molecular formula is C13H14Cl2N2S. The van der Waals surface area contributed by atoms with Crippen molar-refractivity contribution in [1.29, 1.82) is 0 Å². The number of rotatable bonds is 3. The first-order chi connectivity index (χ1) is 8.56. The average molecular weight is 301 g/mol. The summed E-state index contributed by atoms with van der Waals surface area (Å²) < 4.78 is 0. The highest BCUT2D eigenvalue weighted by molar-refractivity contribution is 8.14. The van der Waals surface area contributed by atoms with Crippen molar-refractivity contribution >= 4 is 45.8 Å². The molecule has 0 aliphatic carbocycles. The van der Waals surface area contributed by atoms with Crippen LogP contribution in [-0.2, 0) is 0 Å². The minimum atomic E-state index is 0.535. The van der Waals surface area contributed by atoms with Gasteiger partial charge in [0.15, 0.2) is 5.17 Å². The molecule has 2 nitrogen and oxygen atoms in total. The van der Waals surface area contributed by atoms with Gasteiger partial charge in [0, 0.05) is 18.8 Å². The van der Waals surface area contributed by atoms with Crippen LogP contribution in [0, 0.1) is 0 Å². The Balaban J connectivity index is 2.20. The minimum absolute atomic E-state index is 0.535. The third-order valence-corrected chi connectivity index (χ3v) is 4.19. The normalized spacial score (nSPS) is 17.5. The Morgan fingerprint density at radius 1 is 1.44 bits per heavy atom. The lowest BCUT2D eigenvalue weighted by molar-refractivity contribution is 0.501. The second-order valence-corrected chi connectivity index (χ2v) is 6.10. The number of halogens is 2. The van der Waals surface area contributed by atoms with E-state index in [2.05, 4.69) is 16.5 Å². The molecule has 2 rings (SSSR count). The molecule has 0 unspecified atom stereocenters. The highest BCUT2D eigenvalue weighted by atomic mass is 35.5. The van der Waals surface area contributed by atoms with E-state index in [-0.39, 0.29) is 0 Å². The van der Waals surface area contributed by atoms with Gasteiger partial charge in [-0.2, -0.15) is 0 Å². The molecule has 0 aromatic heterocycles. The summed E-state index contributed by atoms with van der Waals surface area (Å²) >= 11 is 13.6. The first-order valence-electron chi connectivity index (χ1n) is 5.62. The van der Waals surface area contributed by atoms with Gasteiger partial charge in [0.2, 0.25) is 0 Å². The molecule has 1 aromatic rings. The van der Waals surface area contributed by atoms with Crippen molar-refractivity contribution in [3.05, 3.63) is 40.4 Å². The van der Waals surface area contributed by atoms with Crippen LogP contribution in [0.15, 0.2) is 35.3 Å². The summed E-state index contributed by atoms with van der Waals surface area (Å²) in [5.41, 5.74) is 1.97. The van der Waals surface area contributed by atoms with E-state index in [0.29, 0.717) is 10.0 Å². The zero-order valence-corrected chi connectivity index (χ0v) is 12.4. The number of aliphatic imine (C=N–C) groups is 1. The second-order valence-electron chi connectivity index (χ2n) is 4.22. The molecule has 1 aromatic carbocycles. The second kappa shape index (κ2) is 6.00. The van der Waals surface area contributed by atoms with E-state index < -0.39 is 0 Å². The SMILES string of the molecule is C=C(C)CN1CCS/C1=N\c1ccc(Cl)c(Cl)c1. The fourth-order valence-corrected chi connectivity index (χ4v) is 2.97. The smallest absolute Gasteiger partial charge is 0.164 e. The van der Waals surface area contributed by atoms with Gasteiger partial charge in [-0.25, -0.2) is 4.99 Å². The predicted molar refractivity (Wildman–Crippen MR) is 82.4 cm³/mol. The maximum Gasteiger partial charge on any atom is 0.164 e. The van der Waals surface area contributed by atoms with E-state index in [1.807, 2.05) is 13.0 Å². The molecule has 0 amide bonds. The molecular weight excluding hydrogens is 287 g/mol. The number of amidine groups is 1. The van der Waals surface area contributed by atoms with E-state index in [0.717, 1.165) is 35.3 Å². The van der Waals surface area contributed by atoms with Crippen LogP contribution in [0.2, 0.25) is 10.0 Å². The van der Waals surface area contributed by atoms with Gasteiger partial charge >= 0.3 is 0 Å². The van der Waals surface area contributed by atoms with Gasteiger partial charge in [-0.3, -0.25) is 0 Å². The summed E-state index contributed by atoms with van der Waals surface area (Å²) in [4.78, 5) is 6.85. The molecule has 0 bridgehead atoms. The molecule has 5 heteroatoms. The lowest BCUT2D eigenvalue weighted by Crippen LogP contribution is -2.25. The lowest BCUT2D eigenvalue weighted by Gasteiger charge is -2.17. The van der Waals surface area contributed by atoms with E-state index in [1.54, 1.807) is 23.9 Å². The number of hydrogen-bond donors (Lipinski definition) is 0. The standard InChI is InChI=1S/C13H14Cl2N2S/c1-9(2)8-17-5-6-18-13(17)16-10-3-4-11(14)12(15)7-10/h3-4,7H,1,5-6,8H2,2H3/b16-13-. The first-order valence-corrected chi connectivity index (χ1v) is 7.36. The Kier molecular flexibility index (Phi) is 4.60. The molecule has 96 valence electrons. The van der Waals surface area contributed by atoms with Crippen molar-refractivity contribution in [3.8, 4) is 0 Å². The molecule has 1 fully saturated rings. The molecule has 18 heavy (non-hydrogen) atoms. The van der Waals surface area contributed by atoms with E-state index >= 15 is 0 Å². The monoisotopic (exact) mass is 300 g/mol. The van der Waals surface area contributed by atoms with Gasteiger partial charge in [-0.05, 0) is 25.1 Å². The Bertz CT molecular complexity index is 500. The van der Waals surface area contributed by atoms with Crippen molar-refractivity contribution in [2.45, 2.75) is 6.92 Å². The number of hydrogen-bond acceptors (Lipinski definition) is 2. The third-order valence-electron chi connectivity index (χ3n) is 2.45. The van der Waals surface area contributed by atoms with Crippen molar-refractivity contribution < 1.29 is 0 Å². The molecule has 0 radical (unpaired) electrons. The number of thioether (sulfide) groups is 1. The zero-order chi connectivity index (χ0) is 13.1. The van der Waals surface area contributed by atoms with Crippen LogP contribution in [0.4, 0.5) is 5.69 Å². The van der Waals surface area contributed by atoms with Crippen LogP contribution in [0.25, 0.3) is 0 Å². The van der Waals surface area contributed by atoms with Crippen molar-refractivity contribution in [2.75, 3.05) is 18.8 Å². The Morgan fingerprint density at radius 2 is 2.22 bits per heavy atom. The van der Waals surface area contributed by atoms with Gasteiger partial charge in [-0.15, -0.1) is 0 Å². The molecule has 1 aliphatic rings. The van der Waals surface area contributed by atoms with Crippen LogP contribution in [0.1, 0.15) is 6.92 Å². The maximum atomic E-state index is 5.98.